The zero-order valence-electron chi connectivity index (χ0n) is 15.9. The zero-order chi connectivity index (χ0) is 19.4. The summed E-state index contributed by atoms with van der Waals surface area (Å²) in [4.78, 5) is 16.9. The Bertz CT molecular complexity index is 949. The van der Waals surface area contributed by atoms with E-state index in [1.807, 2.05) is 63.2 Å². The van der Waals surface area contributed by atoms with Crippen LogP contribution in [0, 0.1) is 13.8 Å². The number of amides is 1. The third-order valence-electron chi connectivity index (χ3n) is 4.20. The summed E-state index contributed by atoms with van der Waals surface area (Å²) in [6, 6.07) is 13.3. The molecule has 1 heterocycles. The first-order valence-corrected chi connectivity index (χ1v) is 8.94. The fourth-order valence-corrected chi connectivity index (χ4v) is 2.59. The number of nitrogens with one attached hydrogen (secondary N) is 1. The maximum Gasteiger partial charge on any atom is 0.265 e. The zero-order valence-corrected chi connectivity index (χ0v) is 15.9. The fourth-order valence-electron chi connectivity index (χ4n) is 2.59. The number of aromatic nitrogens is 2. The van der Waals surface area contributed by atoms with E-state index in [0.29, 0.717) is 29.6 Å². The summed E-state index contributed by atoms with van der Waals surface area (Å²) in [7, 11) is 0. The Morgan fingerprint density at radius 3 is 2.74 bits per heavy atom. The lowest BCUT2D eigenvalue weighted by Gasteiger charge is -2.16. The molecular formula is C21H23N3O3. The van der Waals surface area contributed by atoms with Gasteiger partial charge >= 0.3 is 0 Å². The first-order valence-electron chi connectivity index (χ1n) is 8.94. The van der Waals surface area contributed by atoms with E-state index < -0.39 is 6.10 Å². The van der Waals surface area contributed by atoms with E-state index in [4.69, 9.17) is 9.26 Å². The van der Waals surface area contributed by atoms with Crippen molar-refractivity contribution < 1.29 is 14.1 Å². The lowest BCUT2D eigenvalue weighted by Crippen LogP contribution is -2.30. The molecule has 3 aromatic rings. The highest BCUT2D eigenvalue weighted by Crippen LogP contribution is 2.25. The topological polar surface area (TPSA) is 77.2 Å². The molecule has 1 amide bonds. The number of carbonyl (C=O) groups is 1. The minimum absolute atomic E-state index is 0.225. The quantitative estimate of drug-likeness (QED) is 0.704. The number of rotatable bonds is 6. The molecule has 1 unspecified atom stereocenters. The van der Waals surface area contributed by atoms with Gasteiger partial charge in [-0.25, -0.2) is 0 Å². The van der Waals surface area contributed by atoms with E-state index in [9.17, 15) is 4.79 Å². The van der Waals surface area contributed by atoms with Gasteiger partial charge in [-0.1, -0.05) is 30.3 Å². The maximum atomic E-state index is 12.6. The van der Waals surface area contributed by atoms with Crippen molar-refractivity contribution in [1.29, 1.82) is 0 Å². The van der Waals surface area contributed by atoms with Gasteiger partial charge < -0.3 is 14.6 Å². The Hall–Kier alpha value is -3.15. The molecule has 1 atom stereocenters. The van der Waals surface area contributed by atoms with Gasteiger partial charge in [0.15, 0.2) is 11.9 Å². The second-order valence-electron chi connectivity index (χ2n) is 6.46. The van der Waals surface area contributed by atoms with E-state index in [-0.39, 0.29) is 5.91 Å². The third-order valence-corrected chi connectivity index (χ3v) is 4.20. The van der Waals surface area contributed by atoms with Crippen LogP contribution in [0.25, 0.3) is 11.5 Å². The summed E-state index contributed by atoms with van der Waals surface area (Å²) in [5.74, 6) is 1.53. The largest absolute Gasteiger partial charge is 0.481 e. The fraction of sp³-hybridized carbons (Fsp3) is 0.286. The van der Waals surface area contributed by atoms with Gasteiger partial charge in [-0.2, -0.15) is 4.98 Å². The number of carbonyl (C=O) groups excluding carboxylic acids is 1. The highest BCUT2D eigenvalue weighted by molar-refractivity contribution is 5.95. The highest BCUT2D eigenvalue weighted by Gasteiger charge is 2.17. The molecule has 1 aromatic heterocycles. The Kier molecular flexibility index (Phi) is 5.54. The number of hydrogen-bond donors (Lipinski definition) is 1. The van der Waals surface area contributed by atoms with Crippen molar-refractivity contribution in [2.24, 2.45) is 0 Å². The molecule has 6 heteroatoms. The number of aryl methyl sites for hydroxylation is 3. The van der Waals surface area contributed by atoms with Gasteiger partial charge in [0, 0.05) is 17.7 Å². The van der Waals surface area contributed by atoms with Crippen molar-refractivity contribution in [3.05, 3.63) is 59.4 Å². The predicted octanol–water partition coefficient (Wildman–Crippen LogP) is 4.32. The molecule has 2 aromatic carbocycles. The smallest absolute Gasteiger partial charge is 0.265 e. The summed E-state index contributed by atoms with van der Waals surface area (Å²) in [5, 5.41) is 6.83. The lowest BCUT2D eigenvalue weighted by molar-refractivity contribution is -0.122. The standard InChI is InChI=1S/C21H23N3O3/c1-5-19-23-21(27-24-19)16-10-9-14(3)18(12-16)22-20(25)15(4)26-17-8-6-7-13(2)11-17/h6-12,15H,5H2,1-4H3,(H,22,25). The molecule has 0 saturated carbocycles. The number of benzene rings is 2. The van der Waals surface area contributed by atoms with Crippen molar-refractivity contribution >= 4 is 11.6 Å². The van der Waals surface area contributed by atoms with Crippen LogP contribution in [-0.4, -0.2) is 22.2 Å². The Morgan fingerprint density at radius 1 is 1.22 bits per heavy atom. The van der Waals surface area contributed by atoms with Crippen molar-refractivity contribution in [2.75, 3.05) is 5.32 Å². The van der Waals surface area contributed by atoms with Crippen LogP contribution in [0.2, 0.25) is 0 Å². The van der Waals surface area contributed by atoms with E-state index in [0.717, 1.165) is 16.7 Å². The van der Waals surface area contributed by atoms with Gasteiger partial charge in [0.1, 0.15) is 5.75 Å². The first-order chi connectivity index (χ1) is 13.0. The van der Waals surface area contributed by atoms with Crippen LogP contribution in [0.4, 0.5) is 5.69 Å². The van der Waals surface area contributed by atoms with Crippen LogP contribution in [0.5, 0.6) is 5.75 Å². The average molecular weight is 365 g/mol. The molecule has 0 fully saturated rings. The van der Waals surface area contributed by atoms with Crippen LogP contribution in [-0.2, 0) is 11.2 Å². The van der Waals surface area contributed by atoms with Gasteiger partial charge in [-0.15, -0.1) is 0 Å². The SMILES string of the molecule is CCc1noc(-c2ccc(C)c(NC(=O)C(C)Oc3cccc(C)c3)c2)n1. The van der Waals surface area contributed by atoms with Gasteiger partial charge in [-0.3, -0.25) is 4.79 Å². The minimum atomic E-state index is -0.634. The van der Waals surface area contributed by atoms with Crippen molar-refractivity contribution in [2.45, 2.75) is 40.2 Å². The Balaban J connectivity index is 1.74. The van der Waals surface area contributed by atoms with Gasteiger partial charge in [0.25, 0.3) is 11.8 Å². The van der Waals surface area contributed by atoms with Gasteiger partial charge in [-0.05, 0) is 56.2 Å². The summed E-state index contributed by atoms with van der Waals surface area (Å²) in [6.07, 6.45) is 0.0669. The van der Waals surface area contributed by atoms with E-state index in [2.05, 4.69) is 15.5 Å². The molecule has 0 radical (unpaired) electrons. The van der Waals surface area contributed by atoms with Crippen molar-refractivity contribution in [3.8, 4) is 17.2 Å². The molecule has 27 heavy (non-hydrogen) atoms. The number of hydrogen-bond acceptors (Lipinski definition) is 5. The third kappa shape index (κ3) is 4.53. The molecule has 0 spiro atoms. The van der Waals surface area contributed by atoms with Crippen LogP contribution in [0.3, 0.4) is 0 Å². The van der Waals surface area contributed by atoms with E-state index >= 15 is 0 Å². The van der Waals surface area contributed by atoms with Gasteiger partial charge in [0.2, 0.25) is 0 Å². The molecule has 0 saturated heterocycles. The van der Waals surface area contributed by atoms with Crippen molar-refractivity contribution in [1.82, 2.24) is 10.1 Å². The minimum Gasteiger partial charge on any atom is -0.481 e. The molecule has 1 N–H and O–H groups in total. The van der Waals surface area contributed by atoms with Crippen LogP contribution < -0.4 is 10.1 Å². The second-order valence-corrected chi connectivity index (χ2v) is 6.46. The van der Waals surface area contributed by atoms with Gasteiger partial charge in [0.05, 0.1) is 0 Å². The molecule has 3 rings (SSSR count). The summed E-state index contributed by atoms with van der Waals surface area (Å²) < 4.78 is 11.0. The summed E-state index contributed by atoms with van der Waals surface area (Å²) in [5.41, 5.74) is 3.46. The maximum absolute atomic E-state index is 12.6. The lowest BCUT2D eigenvalue weighted by atomic mass is 10.1. The number of ether oxygens (including phenoxy) is 1. The monoisotopic (exact) mass is 365 g/mol. The number of nitrogens with zero attached hydrogens (tertiary/aromatic N) is 2. The Morgan fingerprint density at radius 2 is 2.04 bits per heavy atom. The van der Waals surface area contributed by atoms with E-state index in [1.165, 1.54) is 0 Å². The molecule has 140 valence electrons. The van der Waals surface area contributed by atoms with Crippen LogP contribution in [0.15, 0.2) is 47.0 Å². The first kappa shape index (κ1) is 18.6. The molecule has 0 aliphatic rings. The molecule has 0 bridgehead atoms. The van der Waals surface area contributed by atoms with Crippen LogP contribution in [0.1, 0.15) is 30.8 Å². The summed E-state index contributed by atoms with van der Waals surface area (Å²) in [6.45, 7) is 7.60. The summed E-state index contributed by atoms with van der Waals surface area (Å²) >= 11 is 0. The molecular weight excluding hydrogens is 342 g/mol. The van der Waals surface area contributed by atoms with Crippen LogP contribution >= 0.6 is 0 Å². The molecule has 0 aliphatic carbocycles. The van der Waals surface area contributed by atoms with Crippen molar-refractivity contribution in [3.63, 3.8) is 0 Å². The Labute approximate surface area is 158 Å². The predicted molar refractivity (Wildman–Crippen MR) is 104 cm³/mol. The second kappa shape index (κ2) is 8.03. The highest BCUT2D eigenvalue weighted by atomic mass is 16.5. The average Bonchev–Trinajstić information content (AvgIpc) is 3.12. The molecule has 0 aliphatic heterocycles. The molecule has 6 nitrogen and oxygen atoms in total. The van der Waals surface area contributed by atoms with E-state index in [1.54, 1.807) is 6.92 Å². The normalized spacial score (nSPS) is 11.9. The number of anilines is 1.